The van der Waals surface area contributed by atoms with E-state index in [1.54, 1.807) is 41.5 Å². The van der Waals surface area contributed by atoms with E-state index in [9.17, 15) is 14.4 Å². The third kappa shape index (κ3) is 14.4. The molecule has 0 aromatic rings. The summed E-state index contributed by atoms with van der Waals surface area (Å²) in [5.74, 6) is 1.80. The van der Waals surface area contributed by atoms with Crippen molar-refractivity contribution in [3.05, 3.63) is 0 Å². The maximum Gasteiger partial charge on any atom is 0.408 e. The predicted molar refractivity (Wildman–Crippen MR) is 101 cm³/mol. The summed E-state index contributed by atoms with van der Waals surface area (Å²) in [6.45, 7) is 12.4. The highest BCUT2D eigenvalue weighted by Crippen LogP contribution is 2.09. The van der Waals surface area contributed by atoms with Gasteiger partial charge in [-0.15, -0.1) is 0 Å². The molecule has 0 aromatic heterocycles. The van der Waals surface area contributed by atoms with Crippen LogP contribution >= 0.6 is 0 Å². The van der Waals surface area contributed by atoms with Crippen molar-refractivity contribution in [2.75, 3.05) is 6.54 Å². The standard InChI is InChI=1S/C19H32N2O6/c1-8-13-25-15(22)14(21-17(24)27-19(5,6)7)11-9-10-12-20-16(23)26-18(2,3)4/h14H,9-12H2,1-7H3,(H,20,23)(H,21,24). The topological polar surface area (TPSA) is 103 Å². The molecule has 0 rings (SSSR count). The van der Waals surface area contributed by atoms with E-state index in [1.165, 1.54) is 6.92 Å². The van der Waals surface area contributed by atoms with Gasteiger partial charge in [0.15, 0.2) is 0 Å². The quantitative estimate of drug-likeness (QED) is 0.303. The molecule has 0 saturated carbocycles. The first-order valence-corrected chi connectivity index (χ1v) is 8.93. The van der Waals surface area contributed by atoms with Crippen molar-refractivity contribution in [2.45, 2.75) is 85.0 Å². The molecular formula is C19H32N2O6. The van der Waals surface area contributed by atoms with Crippen molar-refractivity contribution in [3.8, 4) is 12.0 Å². The molecule has 1 unspecified atom stereocenters. The third-order valence-corrected chi connectivity index (χ3v) is 2.82. The second-order valence-electron chi connectivity index (χ2n) is 7.90. The first kappa shape index (κ1) is 24.6. The number of amides is 2. The maximum atomic E-state index is 12.0. The Morgan fingerprint density at radius 3 is 2.00 bits per heavy atom. The van der Waals surface area contributed by atoms with Crippen LogP contribution in [-0.4, -0.2) is 41.9 Å². The molecule has 0 radical (unpaired) electrons. The Hall–Kier alpha value is -2.43. The fourth-order valence-electron chi connectivity index (χ4n) is 1.85. The number of ether oxygens (including phenoxy) is 3. The lowest BCUT2D eigenvalue weighted by Crippen LogP contribution is -2.44. The number of carbonyl (C=O) groups is 3. The van der Waals surface area contributed by atoms with Crippen molar-refractivity contribution in [3.63, 3.8) is 0 Å². The lowest BCUT2D eigenvalue weighted by molar-refractivity contribution is -0.139. The van der Waals surface area contributed by atoms with Gasteiger partial charge in [0.1, 0.15) is 23.4 Å². The second-order valence-corrected chi connectivity index (χ2v) is 7.90. The molecule has 2 amide bonds. The van der Waals surface area contributed by atoms with Crippen LogP contribution in [0.3, 0.4) is 0 Å². The predicted octanol–water partition coefficient (Wildman–Crippen LogP) is 3.10. The molecule has 27 heavy (non-hydrogen) atoms. The minimum absolute atomic E-state index is 0.319. The number of rotatable bonds is 7. The molecule has 154 valence electrons. The first-order chi connectivity index (χ1) is 12.3. The highest BCUT2D eigenvalue weighted by atomic mass is 16.6. The van der Waals surface area contributed by atoms with Gasteiger partial charge in [-0.2, -0.15) is 0 Å². The Bertz CT molecular complexity index is 563. The SMILES string of the molecule is CC#COC(=O)C(CCCCNC(=O)OC(C)(C)C)NC(=O)OC(C)(C)C. The Labute approximate surface area is 161 Å². The van der Waals surface area contributed by atoms with Gasteiger partial charge in [0.2, 0.25) is 0 Å². The number of unbranched alkanes of at least 4 members (excludes halogenated alkanes) is 1. The van der Waals surface area contributed by atoms with Crippen molar-refractivity contribution in [1.82, 2.24) is 10.6 Å². The van der Waals surface area contributed by atoms with Crippen molar-refractivity contribution in [2.24, 2.45) is 0 Å². The normalized spacial score (nSPS) is 12.1. The molecular weight excluding hydrogens is 352 g/mol. The minimum atomic E-state index is -0.887. The van der Waals surface area contributed by atoms with Crippen LogP contribution in [0.2, 0.25) is 0 Å². The van der Waals surface area contributed by atoms with Crippen LogP contribution in [0.1, 0.15) is 67.7 Å². The van der Waals surface area contributed by atoms with Gasteiger partial charge in [-0.3, -0.25) is 0 Å². The molecule has 8 nitrogen and oxygen atoms in total. The average Bonchev–Trinajstić information content (AvgIpc) is 2.47. The summed E-state index contributed by atoms with van der Waals surface area (Å²) < 4.78 is 15.1. The fourth-order valence-corrected chi connectivity index (χ4v) is 1.85. The molecule has 0 saturated heterocycles. The zero-order valence-electron chi connectivity index (χ0n) is 17.4. The van der Waals surface area contributed by atoms with Crippen LogP contribution < -0.4 is 10.6 Å². The van der Waals surface area contributed by atoms with E-state index in [4.69, 9.17) is 14.2 Å². The molecule has 1 atom stereocenters. The van der Waals surface area contributed by atoms with Gasteiger partial charge >= 0.3 is 18.2 Å². The lowest BCUT2D eigenvalue weighted by atomic mass is 10.1. The van der Waals surface area contributed by atoms with Crippen LogP contribution in [-0.2, 0) is 19.0 Å². The van der Waals surface area contributed by atoms with Crippen LogP contribution in [0.4, 0.5) is 9.59 Å². The number of esters is 1. The van der Waals surface area contributed by atoms with Crippen molar-refractivity contribution >= 4 is 18.2 Å². The summed E-state index contributed by atoms with van der Waals surface area (Å²) >= 11 is 0. The molecule has 0 bridgehead atoms. The van der Waals surface area contributed by atoms with Gasteiger partial charge in [-0.05, 0) is 60.8 Å². The van der Waals surface area contributed by atoms with E-state index in [-0.39, 0.29) is 0 Å². The number of hydrogen-bond donors (Lipinski definition) is 2. The van der Waals surface area contributed by atoms with Gasteiger partial charge in [0, 0.05) is 13.5 Å². The third-order valence-electron chi connectivity index (χ3n) is 2.82. The summed E-state index contributed by atoms with van der Waals surface area (Å²) in [5.41, 5.74) is -1.24. The lowest BCUT2D eigenvalue weighted by Gasteiger charge is -2.22. The zero-order valence-corrected chi connectivity index (χ0v) is 17.4. The van der Waals surface area contributed by atoms with E-state index in [2.05, 4.69) is 22.7 Å². The Kier molecular flexibility index (Phi) is 10.3. The zero-order chi connectivity index (χ0) is 21.1. The highest BCUT2D eigenvalue weighted by Gasteiger charge is 2.25. The Morgan fingerprint density at radius 2 is 1.48 bits per heavy atom. The molecule has 0 spiro atoms. The molecule has 2 N–H and O–H groups in total. The van der Waals surface area contributed by atoms with Gasteiger partial charge in [0.05, 0.1) is 0 Å². The molecule has 0 fully saturated rings. The monoisotopic (exact) mass is 384 g/mol. The summed E-state index contributed by atoms with van der Waals surface area (Å²) in [6.07, 6.45) is 2.49. The molecule has 0 heterocycles. The number of carbonyl (C=O) groups excluding carboxylic acids is 3. The maximum absolute atomic E-state index is 12.0. The van der Waals surface area contributed by atoms with E-state index in [1.807, 2.05) is 0 Å². The van der Waals surface area contributed by atoms with Crippen LogP contribution in [0.5, 0.6) is 0 Å². The minimum Gasteiger partial charge on any atom is -0.444 e. The van der Waals surface area contributed by atoms with Crippen LogP contribution in [0.15, 0.2) is 0 Å². The Morgan fingerprint density at radius 1 is 0.926 bits per heavy atom. The number of hydrogen-bond acceptors (Lipinski definition) is 6. The molecule has 0 aliphatic rings. The van der Waals surface area contributed by atoms with E-state index in [0.717, 1.165) is 0 Å². The summed E-state index contributed by atoms with van der Waals surface area (Å²) in [7, 11) is 0. The van der Waals surface area contributed by atoms with Gasteiger partial charge in [-0.25, -0.2) is 14.4 Å². The van der Waals surface area contributed by atoms with E-state index in [0.29, 0.717) is 25.8 Å². The van der Waals surface area contributed by atoms with Gasteiger partial charge < -0.3 is 24.8 Å². The van der Waals surface area contributed by atoms with Gasteiger partial charge in [-0.1, -0.05) is 5.92 Å². The number of alkyl carbamates (subject to hydrolysis) is 2. The van der Waals surface area contributed by atoms with Crippen LogP contribution in [0.25, 0.3) is 0 Å². The van der Waals surface area contributed by atoms with Crippen LogP contribution in [0, 0.1) is 12.0 Å². The second kappa shape index (κ2) is 11.3. The van der Waals surface area contributed by atoms with Crippen molar-refractivity contribution < 1.29 is 28.6 Å². The molecule has 0 aliphatic carbocycles. The van der Waals surface area contributed by atoms with E-state index >= 15 is 0 Å². The summed E-state index contributed by atoms with van der Waals surface area (Å²) in [4.78, 5) is 35.5. The van der Waals surface area contributed by atoms with E-state index < -0.39 is 35.4 Å². The summed E-state index contributed by atoms with van der Waals surface area (Å²) in [6, 6.07) is -0.887. The Balaban J connectivity index is 4.46. The smallest absolute Gasteiger partial charge is 0.408 e. The molecule has 8 heteroatoms. The number of nitrogens with one attached hydrogen (secondary N) is 2. The average molecular weight is 384 g/mol. The summed E-state index contributed by atoms with van der Waals surface area (Å²) in [5, 5.41) is 5.13. The van der Waals surface area contributed by atoms with Gasteiger partial charge in [0.25, 0.3) is 0 Å². The van der Waals surface area contributed by atoms with Crippen molar-refractivity contribution in [1.29, 1.82) is 0 Å². The largest absolute Gasteiger partial charge is 0.444 e. The first-order valence-electron chi connectivity index (χ1n) is 8.93. The molecule has 0 aromatic carbocycles. The molecule has 0 aliphatic heterocycles. The fraction of sp³-hybridized carbons (Fsp3) is 0.737. The highest BCUT2D eigenvalue weighted by molar-refractivity contribution is 5.82.